The van der Waals surface area contributed by atoms with Crippen LogP contribution in [0, 0.1) is 11.8 Å². The van der Waals surface area contributed by atoms with Gasteiger partial charge in [-0.15, -0.1) is 0 Å². The Hall–Kier alpha value is -2.00. The molecule has 8 heteroatoms. The second kappa shape index (κ2) is 11.7. The summed E-state index contributed by atoms with van der Waals surface area (Å²) in [4.78, 5) is 25.4. The number of carbonyl (C=O) groups excluding carboxylic acids is 2. The summed E-state index contributed by atoms with van der Waals surface area (Å²) < 4.78 is 33.1. The number of ether oxygens (including phenoxy) is 6. The lowest BCUT2D eigenvalue weighted by Gasteiger charge is -2.23. The molecule has 0 bridgehead atoms. The van der Waals surface area contributed by atoms with Crippen molar-refractivity contribution in [2.45, 2.75) is 45.0 Å². The van der Waals surface area contributed by atoms with E-state index in [0.29, 0.717) is 62.9 Å². The zero-order valence-corrected chi connectivity index (χ0v) is 18.4. The van der Waals surface area contributed by atoms with Crippen molar-refractivity contribution in [2.75, 3.05) is 46.2 Å². The summed E-state index contributed by atoms with van der Waals surface area (Å²) in [5.74, 6) is -0.504. The van der Waals surface area contributed by atoms with E-state index >= 15 is 0 Å². The van der Waals surface area contributed by atoms with Gasteiger partial charge in [0.25, 0.3) is 0 Å². The van der Waals surface area contributed by atoms with Crippen molar-refractivity contribution in [1.82, 2.24) is 0 Å². The van der Waals surface area contributed by atoms with Gasteiger partial charge in [-0.25, -0.2) is 9.59 Å². The Morgan fingerprint density at radius 3 is 1.94 bits per heavy atom. The number of rotatable bonds is 9. The van der Waals surface area contributed by atoms with E-state index in [1.807, 2.05) is 0 Å². The van der Waals surface area contributed by atoms with E-state index in [-0.39, 0.29) is 24.7 Å². The number of hydrogen-bond acceptors (Lipinski definition) is 8. The van der Waals surface area contributed by atoms with Crippen LogP contribution in [0.25, 0.3) is 0 Å². The van der Waals surface area contributed by atoms with E-state index in [9.17, 15) is 9.59 Å². The minimum absolute atomic E-state index is 0.215. The van der Waals surface area contributed by atoms with Crippen molar-refractivity contribution in [3.05, 3.63) is 34.9 Å². The van der Waals surface area contributed by atoms with Crippen LogP contribution >= 0.6 is 0 Å². The second-order valence-corrected chi connectivity index (χ2v) is 8.68. The van der Waals surface area contributed by atoms with Gasteiger partial charge in [0.05, 0.1) is 44.2 Å². The summed E-state index contributed by atoms with van der Waals surface area (Å²) in [5, 5.41) is 0. The maximum absolute atomic E-state index is 12.7. The normalized spacial score (nSPS) is 25.6. The Morgan fingerprint density at radius 2 is 1.44 bits per heavy atom. The summed E-state index contributed by atoms with van der Waals surface area (Å²) in [6, 6.07) is 4.94. The van der Waals surface area contributed by atoms with Crippen LogP contribution < -0.4 is 0 Å². The molecule has 3 saturated heterocycles. The van der Waals surface area contributed by atoms with Crippen LogP contribution in [0.3, 0.4) is 0 Å². The first-order chi connectivity index (χ1) is 15.7. The van der Waals surface area contributed by atoms with E-state index in [1.165, 1.54) is 6.07 Å². The summed E-state index contributed by atoms with van der Waals surface area (Å²) in [7, 11) is 0. The van der Waals surface area contributed by atoms with Crippen LogP contribution in [-0.2, 0) is 35.0 Å². The number of esters is 2. The summed E-state index contributed by atoms with van der Waals surface area (Å²) >= 11 is 0. The monoisotopic (exact) mass is 448 g/mol. The van der Waals surface area contributed by atoms with Gasteiger partial charge in [-0.2, -0.15) is 0 Å². The molecule has 0 saturated carbocycles. The average Bonchev–Trinajstić information content (AvgIpc) is 3.54. The summed E-state index contributed by atoms with van der Waals surface area (Å²) in [5.41, 5.74) is 1.32. The highest BCUT2D eigenvalue weighted by molar-refractivity contribution is 5.95. The van der Waals surface area contributed by atoms with Crippen molar-refractivity contribution in [2.24, 2.45) is 11.8 Å². The SMILES string of the molecule is O=C(OCC1CCOC1)c1cc(COC2CCCCO2)cc(C(=O)OCC2CCOC2)c1. The molecule has 3 heterocycles. The van der Waals surface area contributed by atoms with Crippen LogP contribution in [0.1, 0.15) is 58.4 Å². The molecular weight excluding hydrogens is 416 g/mol. The average molecular weight is 449 g/mol. The van der Waals surface area contributed by atoms with E-state index in [2.05, 4.69) is 0 Å². The van der Waals surface area contributed by atoms with Gasteiger partial charge in [-0.1, -0.05) is 0 Å². The second-order valence-electron chi connectivity index (χ2n) is 8.68. The lowest BCUT2D eigenvalue weighted by atomic mass is 10.1. The van der Waals surface area contributed by atoms with Gasteiger partial charge in [0.1, 0.15) is 0 Å². The standard InChI is InChI=1S/C24H32O8/c25-23(31-14-17-4-7-27-12-17)20-9-19(16-30-22-3-1-2-6-29-22)10-21(11-20)24(26)32-15-18-5-8-28-13-18/h9-11,17-18,22H,1-8,12-16H2. The fraction of sp³-hybridized carbons (Fsp3) is 0.667. The Morgan fingerprint density at radius 1 is 0.812 bits per heavy atom. The first-order valence-electron chi connectivity index (χ1n) is 11.5. The van der Waals surface area contributed by atoms with Crippen LogP contribution in [-0.4, -0.2) is 64.5 Å². The molecule has 0 radical (unpaired) electrons. The van der Waals surface area contributed by atoms with E-state index in [4.69, 9.17) is 28.4 Å². The molecule has 0 N–H and O–H groups in total. The quantitative estimate of drug-likeness (QED) is 0.533. The highest BCUT2D eigenvalue weighted by Gasteiger charge is 2.22. The van der Waals surface area contributed by atoms with Crippen molar-refractivity contribution < 1.29 is 38.0 Å². The minimum Gasteiger partial charge on any atom is -0.462 e. The molecule has 176 valence electrons. The molecule has 0 aliphatic carbocycles. The lowest BCUT2D eigenvalue weighted by Crippen LogP contribution is -2.22. The molecule has 3 unspecified atom stereocenters. The zero-order valence-electron chi connectivity index (χ0n) is 18.4. The predicted octanol–water partition coefficient (Wildman–Crippen LogP) is 3.12. The lowest BCUT2D eigenvalue weighted by molar-refractivity contribution is -0.168. The minimum atomic E-state index is -0.467. The molecule has 0 aromatic heterocycles. The van der Waals surface area contributed by atoms with Crippen molar-refractivity contribution >= 4 is 11.9 Å². The van der Waals surface area contributed by atoms with Crippen LogP contribution in [0.4, 0.5) is 0 Å². The van der Waals surface area contributed by atoms with Gasteiger partial charge < -0.3 is 28.4 Å². The molecule has 1 aromatic carbocycles. The molecular formula is C24H32O8. The van der Waals surface area contributed by atoms with E-state index < -0.39 is 11.9 Å². The van der Waals surface area contributed by atoms with Gasteiger partial charge in [0, 0.05) is 31.7 Å². The topological polar surface area (TPSA) is 89.5 Å². The Bertz CT molecular complexity index is 711. The molecule has 3 aliphatic rings. The molecule has 32 heavy (non-hydrogen) atoms. The highest BCUT2D eigenvalue weighted by atomic mass is 16.7. The first kappa shape index (κ1) is 23.2. The Labute approximate surface area is 188 Å². The number of carbonyl (C=O) groups is 2. The fourth-order valence-electron chi connectivity index (χ4n) is 4.03. The maximum Gasteiger partial charge on any atom is 0.338 e. The summed E-state index contributed by atoms with van der Waals surface area (Å²) in [6.07, 6.45) is 4.43. The largest absolute Gasteiger partial charge is 0.462 e. The molecule has 8 nitrogen and oxygen atoms in total. The van der Waals surface area contributed by atoms with E-state index in [0.717, 1.165) is 32.1 Å². The van der Waals surface area contributed by atoms with Gasteiger partial charge >= 0.3 is 11.9 Å². The van der Waals surface area contributed by atoms with Gasteiger partial charge in [0.2, 0.25) is 0 Å². The van der Waals surface area contributed by atoms with Crippen molar-refractivity contribution in [3.8, 4) is 0 Å². The number of benzene rings is 1. The van der Waals surface area contributed by atoms with Crippen LogP contribution in [0.2, 0.25) is 0 Å². The fourth-order valence-corrected chi connectivity index (χ4v) is 4.03. The van der Waals surface area contributed by atoms with Gasteiger partial charge in [-0.3, -0.25) is 0 Å². The third kappa shape index (κ3) is 6.75. The summed E-state index contributed by atoms with van der Waals surface area (Å²) in [6.45, 7) is 4.12. The maximum atomic E-state index is 12.7. The van der Waals surface area contributed by atoms with Gasteiger partial charge in [0.15, 0.2) is 6.29 Å². The van der Waals surface area contributed by atoms with Gasteiger partial charge in [-0.05, 0) is 55.9 Å². The molecule has 3 aliphatic heterocycles. The molecule has 0 spiro atoms. The highest BCUT2D eigenvalue weighted by Crippen LogP contribution is 2.20. The first-order valence-corrected chi connectivity index (χ1v) is 11.5. The number of hydrogen-bond donors (Lipinski definition) is 0. The predicted molar refractivity (Wildman–Crippen MR) is 113 cm³/mol. The smallest absolute Gasteiger partial charge is 0.338 e. The Balaban J connectivity index is 1.41. The molecule has 0 amide bonds. The molecule has 1 aromatic rings. The zero-order chi connectivity index (χ0) is 22.2. The van der Waals surface area contributed by atoms with Crippen molar-refractivity contribution in [3.63, 3.8) is 0 Å². The molecule has 3 atom stereocenters. The van der Waals surface area contributed by atoms with Crippen LogP contribution in [0.15, 0.2) is 18.2 Å². The van der Waals surface area contributed by atoms with Crippen molar-refractivity contribution in [1.29, 1.82) is 0 Å². The Kier molecular flexibility index (Phi) is 8.50. The van der Waals surface area contributed by atoms with Crippen LogP contribution in [0.5, 0.6) is 0 Å². The van der Waals surface area contributed by atoms with E-state index in [1.54, 1.807) is 12.1 Å². The molecule has 3 fully saturated rings. The third-order valence-corrected chi connectivity index (χ3v) is 5.99. The third-order valence-electron chi connectivity index (χ3n) is 5.99. The molecule has 4 rings (SSSR count).